The zero-order valence-corrected chi connectivity index (χ0v) is 21.0. The van der Waals surface area contributed by atoms with E-state index in [1.807, 2.05) is 0 Å². The Morgan fingerprint density at radius 3 is 2.74 bits per heavy atom. The molecule has 0 bridgehead atoms. The number of likely N-dealkylation sites (tertiary alicyclic amines) is 1. The predicted octanol–water partition coefficient (Wildman–Crippen LogP) is 1.40. The number of hydrogen-bond acceptors (Lipinski definition) is 5. The Morgan fingerprint density at radius 1 is 1.19 bits per heavy atom. The van der Waals surface area contributed by atoms with Gasteiger partial charge in [0.15, 0.2) is 5.96 Å². The van der Waals surface area contributed by atoms with Crippen molar-refractivity contribution in [2.24, 2.45) is 4.99 Å². The molecule has 174 valence electrons. The Labute approximate surface area is 203 Å². The second-order valence-electron chi connectivity index (χ2n) is 8.64. The van der Waals surface area contributed by atoms with Crippen LogP contribution in [0.25, 0.3) is 0 Å². The van der Waals surface area contributed by atoms with Crippen molar-refractivity contribution in [2.45, 2.75) is 38.5 Å². The molecule has 1 aromatic carbocycles. The van der Waals surface area contributed by atoms with E-state index in [0.717, 1.165) is 71.4 Å². The molecular weight excluding hydrogens is 505 g/mol. The van der Waals surface area contributed by atoms with Gasteiger partial charge in [0.1, 0.15) is 0 Å². The van der Waals surface area contributed by atoms with Gasteiger partial charge in [-0.3, -0.25) is 14.8 Å². The van der Waals surface area contributed by atoms with E-state index in [2.05, 4.69) is 51.2 Å². The minimum atomic E-state index is -0.443. The summed E-state index contributed by atoms with van der Waals surface area (Å²) in [4.78, 5) is 12.0. The number of rotatable bonds is 6. The summed E-state index contributed by atoms with van der Waals surface area (Å²) in [5, 5.41) is 14.1. The van der Waals surface area contributed by atoms with Gasteiger partial charge in [0.2, 0.25) is 0 Å². The van der Waals surface area contributed by atoms with E-state index < -0.39 is 6.10 Å². The molecule has 2 atom stereocenters. The smallest absolute Gasteiger partial charge is 0.194 e. The number of ether oxygens (including phenoxy) is 1. The molecule has 3 heterocycles. The monoisotopic (exact) mass is 543 g/mol. The van der Waals surface area contributed by atoms with E-state index in [1.165, 1.54) is 17.5 Å². The first kappa shape index (κ1) is 24.7. The summed E-state index contributed by atoms with van der Waals surface area (Å²) in [6.07, 6.45) is 1.78. The number of aliphatic hydroxyl groups excluding tert-OH is 1. The number of nitrogens with one attached hydrogen (secondary N) is 1. The summed E-state index contributed by atoms with van der Waals surface area (Å²) in [5.41, 5.74) is 2.83. The molecule has 2 N–H and O–H groups in total. The lowest BCUT2D eigenvalue weighted by Gasteiger charge is -2.32. The highest BCUT2D eigenvalue weighted by molar-refractivity contribution is 14.0. The topological polar surface area (TPSA) is 63.6 Å². The number of fused-ring (bicyclic) bond motifs is 1. The molecule has 3 aliphatic rings. The maximum absolute atomic E-state index is 10.6. The number of β-amino-alcohol motifs (C(OH)–C–C–N with tert-alkyl or cyclic N) is 1. The van der Waals surface area contributed by atoms with Gasteiger partial charge in [-0.2, -0.15) is 0 Å². The average Bonchev–Trinajstić information content (AvgIpc) is 3.27. The molecule has 31 heavy (non-hydrogen) atoms. The van der Waals surface area contributed by atoms with Crippen molar-refractivity contribution in [3.8, 4) is 0 Å². The average molecular weight is 543 g/mol. The van der Waals surface area contributed by atoms with Gasteiger partial charge >= 0.3 is 0 Å². The van der Waals surface area contributed by atoms with E-state index in [4.69, 9.17) is 9.73 Å². The quantitative estimate of drug-likeness (QED) is 0.322. The Morgan fingerprint density at radius 2 is 1.97 bits per heavy atom. The van der Waals surface area contributed by atoms with Gasteiger partial charge in [0.25, 0.3) is 0 Å². The number of aliphatic hydroxyl groups is 1. The van der Waals surface area contributed by atoms with Crippen LogP contribution < -0.4 is 5.32 Å². The molecule has 0 aliphatic carbocycles. The summed E-state index contributed by atoms with van der Waals surface area (Å²) >= 11 is 0. The van der Waals surface area contributed by atoms with Crippen molar-refractivity contribution in [3.05, 3.63) is 35.4 Å². The molecule has 0 radical (unpaired) electrons. The lowest BCUT2D eigenvalue weighted by atomic mass is 10.00. The van der Waals surface area contributed by atoms with Crippen molar-refractivity contribution in [2.75, 3.05) is 65.6 Å². The van der Waals surface area contributed by atoms with Crippen LogP contribution in [-0.4, -0.2) is 103 Å². The van der Waals surface area contributed by atoms with Gasteiger partial charge in [0, 0.05) is 58.4 Å². The first-order valence-corrected chi connectivity index (χ1v) is 11.5. The summed E-state index contributed by atoms with van der Waals surface area (Å²) in [6, 6.07) is 9.22. The van der Waals surface area contributed by atoms with E-state index in [9.17, 15) is 5.11 Å². The molecule has 0 amide bonds. The second kappa shape index (κ2) is 12.3. The van der Waals surface area contributed by atoms with Gasteiger partial charge < -0.3 is 20.1 Å². The van der Waals surface area contributed by atoms with Crippen LogP contribution in [0.4, 0.5) is 0 Å². The number of aliphatic imine (C=N–C) groups is 1. The molecule has 0 saturated carbocycles. The molecule has 2 saturated heterocycles. The number of halogens is 1. The third-order valence-electron chi connectivity index (χ3n) is 6.49. The van der Waals surface area contributed by atoms with E-state index in [-0.39, 0.29) is 24.0 Å². The minimum absolute atomic E-state index is 0. The Kier molecular flexibility index (Phi) is 9.83. The van der Waals surface area contributed by atoms with E-state index in [1.54, 1.807) is 0 Å². The van der Waals surface area contributed by atoms with Crippen molar-refractivity contribution in [1.29, 1.82) is 0 Å². The molecule has 3 aliphatic heterocycles. The predicted molar refractivity (Wildman–Crippen MR) is 135 cm³/mol. The van der Waals surface area contributed by atoms with Crippen LogP contribution in [0.1, 0.15) is 24.5 Å². The molecule has 0 aromatic heterocycles. The number of benzene rings is 1. The summed E-state index contributed by atoms with van der Waals surface area (Å²) in [6.45, 7) is 11.8. The molecule has 0 spiro atoms. The highest BCUT2D eigenvalue weighted by Crippen LogP contribution is 2.19. The fourth-order valence-electron chi connectivity index (χ4n) is 4.86. The molecule has 4 rings (SSSR count). The molecule has 8 heteroatoms. The normalized spacial score (nSPS) is 23.9. The van der Waals surface area contributed by atoms with Crippen molar-refractivity contribution < 1.29 is 9.84 Å². The van der Waals surface area contributed by atoms with Crippen molar-refractivity contribution >= 4 is 29.9 Å². The summed E-state index contributed by atoms with van der Waals surface area (Å²) in [5.74, 6) is 0.941. The third kappa shape index (κ3) is 6.77. The molecule has 1 aromatic rings. The zero-order valence-electron chi connectivity index (χ0n) is 18.7. The SMILES string of the molecule is CCNC(=NCC(O)CN1CCc2ccccc2C1)N1CCC(N2CCOCC2)C1.I. The molecule has 7 nitrogen and oxygen atoms in total. The van der Waals surface area contributed by atoms with Crippen LogP contribution >= 0.6 is 24.0 Å². The van der Waals surface area contributed by atoms with Gasteiger partial charge in [-0.05, 0) is 30.9 Å². The van der Waals surface area contributed by atoms with Crippen molar-refractivity contribution in [1.82, 2.24) is 20.0 Å². The standard InChI is InChI=1S/C23H37N5O2.HI/c1-2-24-23(28-10-8-21(17-28)27-11-13-30-14-12-27)25-15-22(29)18-26-9-7-19-5-3-4-6-20(19)16-26;/h3-6,21-22,29H,2,7-18H2,1H3,(H,24,25);1H. The van der Waals surface area contributed by atoms with Crippen LogP contribution in [0.3, 0.4) is 0 Å². The van der Waals surface area contributed by atoms with Gasteiger partial charge in [-0.25, -0.2) is 0 Å². The largest absolute Gasteiger partial charge is 0.390 e. The second-order valence-corrected chi connectivity index (χ2v) is 8.64. The maximum Gasteiger partial charge on any atom is 0.194 e. The van der Waals surface area contributed by atoms with Crippen molar-refractivity contribution in [3.63, 3.8) is 0 Å². The minimum Gasteiger partial charge on any atom is -0.390 e. The lowest BCUT2D eigenvalue weighted by Crippen LogP contribution is -2.47. The summed E-state index contributed by atoms with van der Waals surface area (Å²) in [7, 11) is 0. The van der Waals surface area contributed by atoms with Crippen LogP contribution in [0.15, 0.2) is 29.3 Å². The number of hydrogen-bond donors (Lipinski definition) is 2. The van der Waals surface area contributed by atoms with Gasteiger partial charge in [0.05, 0.1) is 25.9 Å². The number of guanidine groups is 1. The van der Waals surface area contributed by atoms with Crippen LogP contribution in [0, 0.1) is 0 Å². The van der Waals surface area contributed by atoms with Crippen LogP contribution in [0.2, 0.25) is 0 Å². The molecular formula is C23H38IN5O2. The van der Waals surface area contributed by atoms with Gasteiger partial charge in [-0.15, -0.1) is 24.0 Å². The number of nitrogens with zero attached hydrogens (tertiary/aromatic N) is 4. The first-order chi connectivity index (χ1) is 14.7. The fraction of sp³-hybridized carbons (Fsp3) is 0.696. The lowest BCUT2D eigenvalue weighted by molar-refractivity contribution is 0.0194. The fourth-order valence-corrected chi connectivity index (χ4v) is 4.86. The van der Waals surface area contributed by atoms with Crippen LogP contribution in [-0.2, 0) is 17.7 Å². The Balaban J connectivity index is 0.00000272. The zero-order chi connectivity index (χ0) is 20.8. The van der Waals surface area contributed by atoms with E-state index in [0.29, 0.717) is 19.1 Å². The Bertz CT molecular complexity index is 713. The van der Waals surface area contributed by atoms with E-state index >= 15 is 0 Å². The number of morpholine rings is 1. The highest BCUT2D eigenvalue weighted by atomic mass is 127. The molecule has 2 unspecified atom stereocenters. The third-order valence-corrected chi connectivity index (χ3v) is 6.49. The maximum atomic E-state index is 10.6. The first-order valence-electron chi connectivity index (χ1n) is 11.5. The van der Waals surface area contributed by atoms with Crippen LogP contribution in [0.5, 0.6) is 0 Å². The summed E-state index contributed by atoms with van der Waals surface area (Å²) < 4.78 is 5.50. The Hall–Kier alpha value is -0.940. The molecule has 2 fully saturated rings. The van der Waals surface area contributed by atoms with Gasteiger partial charge in [-0.1, -0.05) is 24.3 Å². The highest BCUT2D eigenvalue weighted by Gasteiger charge is 2.30.